The number of rotatable bonds is 3. The van der Waals surface area contributed by atoms with E-state index in [1.165, 1.54) is 17.9 Å². The molecule has 2 N–H and O–H groups in total. The minimum atomic E-state index is 0.649. The molecule has 0 spiro atoms. The van der Waals surface area contributed by atoms with Crippen LogP contribution in [-0.4, -0.2) is 29.1 Å². The van der Waals surface area contributed by atoms with Gasteiger partial charge in [-0.2, -0.15) is 11.8 Å². The van der Waals surface area contributed by atoms with Gasteiger partial charge in [0.1, 0.15) is 5.82 Å². The highest BCUT2D eigenvalue weighted by atomic mass is 32.2. The van der Waals surface area contributed by atoms with Crippen LogP contribution in [0, 0.1) is 0 Å². The molecule has 0 aliphatic carbocycles. The predicted molar refractivity (Wildman–Crippen MR) is 67.4 cm³/mol. The molecule has 1 aliphatic rings. The molecule has 1 fully saturated rings. The van der Waals surface area contributed by atoms with Crippen molar-refractivity contribution in [3.63, 3.8) is 0 Å². The molecule has 1 aliphatic heterocycles. The van der Waals surface area contributed by atoms with Crippen molar-refractivity contribution in [2.24, 2.45) is 0 Å². The number of nitrogens with zero attached hydrogens (tertiary/aromatic N) is 2. The highest BCUT2D eigenvalue weighted by Crippen LogP contribution is 2.25. The van der Waals surface area contributed by atoms with E-state index in [2.05, 4.69) is 16.8 Å². The molecule has 0 radical (unpaired) electrons. The fraction of sp³-hybridized carbons (Fsp3) is 0.545. The van der Waals surface area contributed by atoms with Crippen LogP contribution in [-0.2, 0) is 0 Å². The first-order valence-corrected chi connectivity index (χ1v) is 6.52. The predicted octanol–water partition coefficient (Wildman–Crippen LogP) is 2.00. The summed E-state index contributed by atoms with van der Waals surface area (Å²) in [6.07, 6.45) is 3.00. The maximum absolute atomic E-state index is 5.64. The molecule has 0 aromatic carbocycles. The maximum Gasteiger partial charge on any atom is 0.128 e. The van der Waals surface area contributed by atoms with Gasteiger partial charge in [-0.3, -0.25) is 0 Å². The van der Waals surface area contributed by atoms with Crippen molar-refractivity contribution in [3.8, 4) is 0 Å². The molecule has 0 saturated carbocycles. The first-order chi connectivity index (χ1) is 7.31. The molecule has 4 heteroatoms. The largest absolute Gasteiger partial charge is 0.397 e. The number of nitrogen functional groups attached to an aromatic ring is 1. The lowest BCUT2D eigenvalue weighted by Gasteiger charge is -2.28. The Balaban J connectivity index is 2.14. The third kappa shape index (κ3) is 2.37. The van der Waals surface area contributed by atoms with E-state index in [1.54, 1.807) is 6.20 Å². The van der Waals surface area contributed by atoms with Crippen LogP contribution in [0.1, 0.15) is 13.3 Å². The van der Waals surface area contributed by atoms with Gasteiger partial charge in [0, 0.05) is 18.3 Å². The van der Waals surface area contributed by atoms with E-state index in [1.807, 2.05) is 23.9 Å². The van der Waals surface area contributed by atoms with Gasteiger partial charge in [0.05, 0.1) is 11.9 Å². The van der Waals surface area contributed by atoms with Gasteiger partial charge in [-0.15, -0.1) is 0 Å². The lowest BCUT2D eigenvalue weighted by Crippen LogP contribution is -2.35. The monoisotopic (exact) mass is 223 g/mol. The van der Waals surface area contributed by atoms with Gasteiger partial charge < -0.3 is 10.6 Å². The molecule has 0 unspecified atom stereocenters. The first-order valence-electron chi connectivity index (χ1n) is 5.37. The Kier molecular flexibility index (Phi) is 3.36. The van der Waals surface area contributed by atoms with Gasteiger partial charge in [0.2, 0.25) is 0 Å². The third-order valence-electron chi connectivity index (χ3n) is 2.75. The van der Waals surface area contributed by atoms with Crippen LogP contribution in [0.15, 0.2) is 18.3 Å². The highest BCUT2D eigenvalue weighted by Gasteiger charge is 2.22. The Labute approximate surface area is 95.1 Å². The Morgan fingerprint density at radius 3 is 3.00 bits per heavy atom. The number of pyridine rings is 1. The minimum Gasteiger partial charge on any atom is -0.397 e. The first kappa shape index (κ1) is 10.6. The average Bonchev–Trinajstić information content (AvgIpc) is 2.75. The lowest BCUT2D eigenvalue weighted by molar-refractivity contribution is 0.652. The number of nitrogens with two attached hydrogens (primary N) is 1. The summed E-state index contributed by atoms with van der Waals surface area (Å²) >= 11 is 2.03. The smallest absolute Gasteiger partial charge is 0.128 e. The van der Waals surface area contributed by atoms with Crippen LogP contribution in [0.4, 0.5) is 11.5 Å². The van der Waals surface area contributed by atoms with Gasteiger partial charge in [-0.05, 0) is 31.2 Å². The molecule has 2 heterocycles. The molecule has 3 nitrogen and oxygen atoms in total. The quantitative estimate of drug-likeness (QED) is 0.851. The number of anilines is 2. The van der Waals surface area contributed by atoms with Gasteiger partial charge in [0.15, 0.2) is 0 Å². The molecule has 82 valence electrons. The van der Waals surface area contributed by atoms with Gasteiger partial charge >= 0.3 is 0 Å². The lowest BCUT2D eigenvalue weighted by atomic mass is 10.2. The standard InChI is InChI=1S/C11H17N3S/c1-2-14(10-5-6-15-8-10)11-4-3-9(12)7-13-11/h3-4,7,10H,2,5-6,8,12H2,1H3/t10-/m1/s1. The van der Waals surface area contributed by atoms with E-state index >= 15 is 0 Å². The molecule has 1 saturated heterocycles. The normalized spacial score (nSPS) is 20.5. The highest BCUT2D eigenvalue weighted by molar-refractivity contribution is 7.99. The van der Waals surface area contributed by atoms with Crippen molar-refractivity contribution < 1.29 is 0 Å². The minimum absolute atomic E-state index is 0.649. The second-order valence-electron chi connectivity index (χ2n) is 3.75. The summed E-state index contributed by atoms with van der Waals surface area (Å²) in [4.78, 5) is 6.76. The molecule has 0 amide bonds. The third-order valence-corrected chi connectivity index (χ3v) is 3.90. The van der Waals surface area contributed by atoms with Crippen molar-refractivity contribution in [1.82, 2.24) is 4.98 Å². The van der Waals surface area contributed by atoms with E-state index in [9.17, 15) is 0 Å². The van der Waals surface area contributed by atoms with E-state index in [0.717, 1.165) is 18.1 Å². The van der Waals surface area contributed by atoms with Crippen LogP contribution in [0.3, 0.4) is 0 Å². The topological polar surface area (TPSA) is 42.1 Å². The van der Waals surface area contributed by atoms with Crippen molar-refractivity contribution in [2.45, 2.75) is 19.4 Å². The molecule has 1 aromatic heterocycles. The van der Waals surface area contributed by atoms with Gasteiger partial charge in [-0.25, -0.2) is 4.98 Å². The molecule has 1 aromatic rings. The number of thioether (sulfide) groups is 1. The summed E-state index contributed by atoms with van der Waals surface area (Å²) in [6, 6.07) is 4.59. The zero-order chi connectivity index (χ0) is 10.7. The van der Waals surface area contributed by atoms with Crippen molar-refractivity contribution in [1.29, 1.82) is 0 Å². The SMILES string of the molecule is CCN(c1ccc(N)cn1)[C@@H]1CCSC1. The van der Waals surface area contributed by atoms with Crippen molar-refractivity contribution >= 4 is 23.3 Å². The maximum atomic E-state index is 5.64. The van der Waals surface area contributed by atoms with E-state index < -0.39 is 0 Å². The zero-order valence-electron chi connectivity index (χ0n) is 9.02. The summed E-state index contributed by atoms with van der Waals surface area (Å²) in [6.45, 7) is 3.20. The Hall–Kier alpha value is -0.900. The summed E-state index contributed by atoms with van der Waals surface area (Å²) in [5, 5.41) is 0. The summed E-state index contributed by atoms with van der Waals surface area (Å²) in [7, 11) is 0. The summed E-state index contributed by atoms with van der Waals surface area (Å²) in [5.74, 6) is 3.55. The summed E-state index contributed by atoms with van der Waals surface area (Å²) in [5.41, 5.74) is 6.37. The van der Waals surface area contributed by atoms with Crippen LogP contribution in [0.25, 0.3) is 0 Å². The average molecular weight is 223 g/mol. The second-order valence-corrected chi connectivity index (χ2v) is 4.90. The Morgan fingerprint density at radius 1 is 1.60 bits per heavy atom. The fourth-order valence-electron chi connectivity index (χ4n) is 1.94. The molecular weight excluding hydrogens is 206 g/mol. The molecule has 15 heavy (non-hydrogen) atoms. The summed E-state index contributed by atoms with van der Waals surface area (Å²) < 4.78 is 0. The Morgan fingerprint density at radius 2 is 2.47 bits per heavy atom. The van der Waals surface area contributed by atoms with Crippen LogP contribution < -0.4 is 10.6 Å². The van der Waals surface area contributed by atoms with Crippen LogP contribution >= 0.6 is 11.8 Å². The molecule has 2 rings (SSSR count). The van der Waals surface area contributed by atoms with Gasteiger partial charge in [0.25, 0.3) is 0 Å². The van der Waals surface area contributed by atoms with Crippen LogP contribution in [0.5, 0.6) is 0 Å². The number of hydrogen-bond donors (Lipinski definition) is 1. The number of hydrogen-bond acceptors (Lipinski definition) is 4. The van der Waals surface area contributed by atoms with Crippen molar-refractivity contribution in [3.05, 3.63) is 18.3 Å². The second kappa shape index (κ2) is 4.75. The van der Waals surface area contributed by atoms with E-state index in [0.29, 0.717) is 6.04 Å². The van der Waals surface area contributed by atoms with Crippen molar-refractivity contribution in [2.75, 3.05) is 28.7 Å². The fourth-order valence-corrected chi connectivity index (χ4v) is 3.17. The molecule has 1 atom stereocenters. The number of aromatic nitrogens is 1. The molecular formula is C11H17N3S. The van der Waals surface area contributed by atoms with E-state index in [4.69, 9.17) is 5.73 Å². The van der Waals surface area contributed by atoms with Crippen LogP contribution in [0.2, 0.25) is 0 Å². The van der Waals surface area contributed by atoms with E-state index in [-0.39, 0.29) is 0 Å². The molecule has 0 bridgehead atoms. The Bertz CT molecular complexity index is 306. The zero-order valence-corrected chi connectivity index (χ0v) is 9.83. The van der Waals surface area contributed by atoms with Gasteiger partial charge in [-0.1, -0.05) is 0 Å².